The van der Waals surface area contributed by atoms with E-state index in [9.17, 15) is 22.0 Å². The van der Waals surface area contributed by atoms with Gasteiger partial charge in [-0.3, -0.25) is 4.79 Å². The van der Waals surface area contributed by atoms with Crippen LogP contribution in [-0.4, -0.2) is 32.3 Å². The van der Waals surface area contributed by atoms with Crippen molar-refractivity contribution in [1.29, 1.82) is 0 Å². The second-order valence-electron chi connectivity index (χ2n) is 6.78. The molecule has 5 nitrogen and oxygen atoms in total. The number of hydrogen-bond acceptors (Lipinski definition) is 4. The van der Waals surface area contributed by atoms with E-state index in [0.717, 1.165) is 43.7 Å². The van der Waals surface area contributed by atoms with Crippen LogP contribution >= 0.6 is 0 Å². The number of carbonyl (C=O) groups is 1. The summed E-state index contributed by atoms with van der Waals surface area (Å²) in [6, 6.07) is 8.90. The van der Waals surface area contributed by atoms with Gasteiger partial charge in [-0.25, -0.2) is 17.2 Å². The molecule has 4 rings (SSSR count). The van der Waals surface area contributed by atoms with Gasteiger partial charge in [-0.1, -0.05) is 12.1 Å². The lowest BCUT2D eigenvalue weighted by Gasteiger charge is -2.32. The fourth-order valence-corrected chi connectivity index (χ4v) is 5.07. The smallest absolute Gasteiger partial charge is 0.267 e. The number of sulfone groups is 1. The Morgan fingerprint density at radius 1 is 0.929 bits per heavy atom. The summed E-state index contributed by atoms with van der Waals surface area (Å²) < 4.78 is 54.5. The SMILES string of the molecule is O=C(C1=CN(c2ccccc2F)c2cc(F)ccc2S1(=O)=O)N1CCCCC1. The van der Waals surface area contributed by atoms with E-state index >= 15 is 0 Å². The number of likely N-dealkylation sites (tertiary alicyclic amines) is 1. The maximum atomic E-state index is 14.4. The molecular weight excluding hydrogens is 386 g/mol. The van der Waals surface area contributed by atoms with E-state index in [1.807, 2.05) is 0 Å². The van der Waals surface area contributed by atoms with Gasteiger partial charge in [0.2, 0.25) is 9.84 Å². The van der Waals surface area contributed by atoms with Crippen molar-refractivity contribution in [3.8, 4) is 0 Å². The first-order chi connectivity index (χ1) is 13.4. The first kappa shape index (κ1) is 18.6. The van der Waals surface area contributed by atoms with E-state index < -0.39 is 32.3 Å². The lowest BCUT2D eigenvalue weighted by molar-refractivity contribution is -0.127. The number of hydrogen-bond donors (Lipinski definition) is 0. The molecule has 0 bridgehead atoms. The molecular formula is C20H18F2N2O3S. The molecule has 28 heavy (non-hydrogen) atoms. The van der Waals surface area contributed by atoms with E-state index in [4.69, 9.17) is 0 Å². The van der Waals surface area contributed by atoms with Crippen LogP contribution in [0.3, 0.4) is 0 Å². The third-order valence-electron chi connectivity index (χ3n) is 4.97. The normalized spacial score (nSPS) is 18.4. The second kappa shape index (κ2) is 7.01. The van der Waals surface area contributed by atoms with Crippen molar-refractivity contribution in [2.24, 2.45) is 0 Å². The van der Waals surface area contributed by atoms with E-state index in [0.29, 0.717) is 13.1 Å². The molecule has 146 valence electrons. The quantitative estimate of drug-likeness (QED) is 0.716. The monoisotopic (exact) mass is 404 g/mol. The fraction of sp³-hybridized carbons (Fsp3) is 0.250. The Kier molecular flexibility index (Phi) is 4.66. The number of rotatable bonds is 2. The summed E-state index contributed by atoms with van der Waals surface area (Å²) in [5.74, 6) is -1.89. The Bertz CT molecular complexity index is 1080. The molecule has 0 saturated carbocycles. The van der Waals surface area contributed by atoms with Crippen LogP contribution in [0.5, 0.6) is 0 Å². The van der Waals surface area contributed by atoms with Crippen LogP contribution in [0.1, 0.15) is 19.3 Å². The van der Waals surface area contributed by atoms with Gasteiger partial charge in [0.15, 0.2) is 4.91 Å². The van der Waals surface area contributed by atoms with E-state index in [1.54, 1.807) is 6.07 Å². The van der Waals surface area contributed by atoms with Crippen LogP contribution in [0.2, 0.25) is 0 Å². The second-order valence-corrected chi connectivity index (χ2v) is 8.67. The van der Waals surface area contributed by atoms with Crippen LogP contribution < -0.4 is 4.90 Å². The van der Waals surface area contributed by atoms with Gasteiger partial charge in [-0.15, -0.1) is 0 Å². The molecule has 1 saturated heterocycles. The maximum Gasteiger partial charge on any atom is 0.267 e. The molecule has 1 amide bonds. The third kappa shape index (κ3) is 3.07. The van der Waals surface area contributed by atoms with Gasteiger partial charge in [-0.2, -0.15) is 0 Å². The summed E-state index contributed by atoms with van der Waals surface area (Å²) in [6.07, 6.45) is 3.70. The molecule has 0 aliphatic carbocycles. The Balaban J connectivity index is 1.90. The Morgan fingerprint density at radius 3 is 2.36 bits per heavy atom. The van der Waals surface area contributed by atoms with Gasteiger partial charge in [0.1, 0.15) is 11.6 Å². The highest BCUT2D eigenvalue weighted by atomic mass is 32.2. The zero-order valence-corrected chi connectivity index (χ0v) is 15.8. The highest BCUT2D eigenvalue weighted by molar-refractivity contribution is 7.96. The van der Waals surface area contributed by atoms with Crippen molar-refractivity contribution in [1.82, 2.24) is 4.90 Å². The largest absolute Gasteiger partial charge is 0.338 e. The minimum atomic E-state index is -4.16. The predicted octanol–water partition coefficient (Wildman–Crippen LogP) is 3.74. The number of piperidine rings is 1. The summed E-state index contributed by atoms with van der Waals surface area (Å²) in [7, 11) is -4.16. The van der Waals surface area contributed by atoms with E-state index in [-0.39, 0.29) is 16.3 Å². The number of benzene rings is 2. The molecule has 2 heterocycles. The topological polar surface area (TPSA) is 57.7 Å². The molecule has 0 radical (unpaired) electrons. The van der Waals surface area contributed by atoms with Crippen LogP contribution in [-0.2, 0) is 14.6 Å². The standard InChI is InChI=1S/C20H18F2N2O3S/c21-14-8-9-18-17(12-14)24(16-7-3-2-6-15(16)22)13-19(28(18,26)27)20(25)23-10-4-1-5-11-23/h2-3,6-9,12-13H,1,4-5,10-11H2. The third-order valence-corrected chi connectivity index (χ3v) is 6.76. The van der Waals surface area contributed by atoms with Crippen LogP contribution in [0.4, 0.5) is 20.2 Å². The van der Waals surface area contributed by atoms with Crippen LogP contribution in [0.15, 0.2) is 58.5 Å². The van der Waals surface area contributed by atoms with Crippen molar-refractivity contribution in [3.63, 3.8) is 0 Å². The van der Waals surface area contributed by atoms with Gasteiger partial charge in [0, 0.05) is 19.3 Å². The predicted molar refractivity (Wildman–Crippen MR) is 101 cm³/mol. The van der Waals surface area contributed by atoms with Crippen LogP contribution in [0, 0.1) is 11.6 Å². The van der Waals surface area contributed by atoms with Crippen LogP contribution in [0.25, 0.3) is 0 Å². The number of amides is 1. The minimum Gasteiger partial charge on any atom is -0.338 e. The Labute approximate surface area is 161 Å². The summed E-state index contributed by atoms with van der Waals surface area (Å²) >= 11 is 0. The lowest BCUT2D eigenvalue weighted by atomic mass is 10.1. The molecule has 0 aromatic heterocycles. The van der Waals surface area contributed by atoms with Gasteiger partial charge < -0.3 is 9.80 Å². The van der Waals surface area contributed by atoms with Gasteiger partial charge in [0.25, 0.3) is 5.91 Å². The lowest BCUT2D eigenvalue weighted by Crippen LogP contribution is -2.39. The summed E-state index contributed by atoms with van der Waals surface area (Å²) in [6.45, 7) is 0.948. The minimum absolute atomic E-state index is 0.0275. The Hall–Kier alpha value is -2.74. The molecule has 0 N–H and O–H groups in total. The molecule has 2 aliphatic rings. The molecule has 2 aromatic rings. The Morgan fingerprint density at radius 2 is 1.64 bits per heavy atom. The average Bonchev–Trinajstić information content (AvgIpc) is 2.69. The fourth-order valence-electron chi connectivity index (χ4n) is 3.55. The van der Waals surface area contributed by atoms with Crippen molar-refractivity contribution >= 4 is 27.1 Å². The molecule has 0 spiro atoms. The van der Waals surface area contributed by atoms with E-state index in [1.165, 1.54) is 28.0 Å². The summed E-state index contributed by atoms with van der Waals surface area (Å²) in [5.41, 5.74) is 0.00786. The molecule has 0 unspecified atom stereocenters. The van der Waals surface area contributed by atoms with Gasteiger partial charge in [0.05, 0.1) is 16.3 Å². The number of anilines is 2. The zero-order valence-electron chi connectivity index (χ0n) is 14.9. The molecule has 2 aromatic carbocycles. The first-order valence-corrected chi connectivity index (χ1v) is 10.5. The van der Waals surface area contributed by atoms with Crippen molar-refractivity contribution < 1.29 is 22.0 Å². The average molecular weight is 404 g/mol. The molecule has 0 atom stereocenters. The maximum absolute atomic E-state index is 14.4. The number of para-hydroxylation sites is 1. The zero-order chi connectivity index (χ0) is 19.9. The first-order valence-electron chi connectivity index (χ1n) is 8.99. The molecule has 8 heteroatoms. The van der Waals surface area contributed by atoms with Crippen molar-refractivity contribution in [3.05, 3.63) is 65.2 Å². The van der Waals surface area contributed by atoms with Gasteiger partial charge in [-0.05, 0) is 49.6 Å². The number of halogens is 2. The van der Waals surface area contributed by atoms with Crippen molar-refractivity contribution in [2.45, 2.75) is 24.2 Å². The number of nitrogens with zero attached hydrogens (tertiary/aromatic N) is 2. The molecule has 1 fully saturated rings. The van der Waals surface area contributed by atoms with Crippen molar-refractivity contribution in [2.75, 3.05) is 18.0 Å². The number of fused-ring (bicyclic) bond motifs is 1. The highest BCUT2D eigenvalue weighted by Gasteiger charge is 2.38. The van der Waals surface area contributed by atoms with E-state index in [2.05, 4.69) is 0 Å². The number of carbonyl (C=O) groups excluding carboxylic acids is 1. The summed E-state index contributed by atoms with van der Waals surface area (Å²) in [5, 5.41) is 0. The molecule has 2 aliphatic heterocycles. The summed E-state index contributed by atoms with van der Waals surface area (Å²) in [4.78, 5) is 15.1. The highest BCUT2D eigenvalue weighted by Crippen LogP contribution is 2.41. The van der Waals surface area contributed by atoms with Gasteiger partial charge >= 0.3 is 0 Å².